The average Bonchev–Trinajstić information content (AvgIpc) is 2.43. The Morgan fingerprint density at radius 1 is 1.60 bits per heavy atom. The predicted molar refractivity (Wildman–Crippen MR) is 75.9 cm³/mol. The number of carbonyl (C=O) groups is 2. The molecule has 0 unspecified atom stereocenters. The summed E-state index contributed by atoms with van der Waals surface area (Å²) in [6.07, 6.45) is 5.48. The average molecular weight is 281 g/mol. The van der Waals surface area contributed by atoms with Crippen molar-refractivity contribution in [1.29, 1.82) is 0 Å². The van der Waals surface area contributed by atoms with E-state index in [1.807, 2.05) is 0 Å². The first-order chi connectivity index (χ1) is 9.51. The van der Waals surface area contributed by atoms with Gasteiger partial charge in [-0.05, 0) is 25.7 Å². The number of hydrogen-bond donors (Lipinski definition) is 2. The van der Waals surface area contributed by atoms with E-state index >= 15 is 0 Å². The van der Waals surface area contributed by atoms with Crippen LogP contribution in [0.1, 0.15) is 32.1 Å². The number of nitrogens with two attached hydrogens (primary N) is 1. The third kappa shape index (κ3) is 3.35. The lowest BCUT2D eigenvalue weighted by molar-refractivity contribution is -0.149. The maximum absolute atomic E-state index is 12.1. The number of ether oxygens (including phenoxy) is 1. The van der Waals surface area contributed by atoms with E-state index in [9.17, 15) is 9.59 Å². The molecule has 0 radical (unpaired) electrons. The number of allylic oxidation sites excluding steroid dienone is 2. The van der Waals surface area contributed by atoms with Crippen molar-refractivity contribution >= 4 is 11.8 Å². The van der Waals surface area contributed by atoms with Gasteiger partial charge in [0.2, 0.25) is 0 Å². The molecule has 2 atom stereocenters. The van der Waals surface area contributed by atoms with Crippen LogP contribution >= 0.6 is 0 Å². The lowest BCUT2D eigenvalue weighted by atomic mass is 9.67. The van der Waals surface area contributed by atoms with E-state index in [1.165, 1.54) is 13.2 Å². The van der Waals surface area contributed by atoms with Crippen molar-refractivity contribution in [3.63, 3.8) is 0 Å². The molecule has 0 amide bonds. The van der Waals surface area contributed by atoms with Gasteiger partial charge >= 0.3 is 5.97 Å². The maximum Gasteiger partial charge on any atom is 0.310 e. The molecule has 0 aromatic rings. The smallest absolute Gasteiger partial charge is 0.310 e. The van der Waals surface area contributed by atoms with Gasteiger partial charge in [0, 0.05) is 18.6 Å². The van der Waals surface area contributed by atoms with E-state index in [-0.39, 0.29) is 18.4 Å². The minimum atomic E-state index is -1.04. The van der Waals surface area contributed by atoms with Crippen LogP contribution in [0.3, 0.4) is 0 Å². The second kappa shape index (κ2) is 7.36. The highest BCUT2D eigenvalue weighted by atomic mass is 16.5. The topological polar surface area (TPSA) is 89.6 Å². The van der Waals surface area contributed by atoms with Gasteiger partial charge in [-0.25, -0.2) is 0 Å². The largest absolute Gasteiger partial charge is 0.469 e. The fraction of sp³-hybridized carbons (Fsp3) is 0.600. The molecule has 0 saturated heterocycles. The minimum Gasteiger partial charge on any atom is -0.469 e. The summed E-state index contributed by atoms with van der Waals surface area (Å²) in [5.41, 5.74) is 5.82. The molecule has 20 heavy (non-hydrogen) atoms. The summed E-state index contributed by atoms with van der Waals surface area (Å²) in [6.45, 7) is 3.66. The standard InChI is InChI=1S/C15H23NO4/c1-3-6-11-13(18)8-7-12(14(19)20-2)15(11,16)9-4-5-10-17/h3,6,12,17H,1,4-5,7-10,16H2,2H3/b11-6+/t12-,15-/m0/s1. The lowest BCUT2D eigenvalue weighted by Crippen LogP contribution is -2.56. The van der Waals surface area contributed by atoms with Gasteiger partial charge in [0.05, 0.1) is 18.6 Å². The molecular formula is C15H23NO4. The summed E-state index contributed by atoms with van der Waals surface area (Å²) in [5, 5.41) is 8.89. The Morgan fingerprint density at radius 3 is 2.85 bits per heavy atom. The van der Waals surface area contributed by atoms with Crippen LogP contribution in [0.25, 0.3) is 0 Å². The van der Waals surface area contributed by atoms with Gasteiger partial charge in [-0.15, -0.1) is 0 Å². The van der Waals surface area contributed by atoms with Crippen LogP contribution in [0.2, 0.25) is 0 Å². The van der Waals surface area contributed by atoms with Gasteiger partial charge in [0.25, 0.3) is 0 Å². The SMILES string of the molecule is C=C/C=C1\C(=O)CC[C@@H](C(=O)OC)[C@]1(N)CCCCO. The van der Waals surface area contributed by atoms with Gasteiger partial charge in [-0.3, -0.25) is 9.59 Å². The molecule has 5 heteroatoms. The number of Topliss-reactive ketones (excluding diaryl/α,β-unsaturated/α-hetero) is 1. The molecule has 1 fully saturated rings. The van der Waals surface area contributed by atoms with Gasteiger partial charge in [-0.1, -0.05) is 18.7 Å². The molecule has 0 bridgehead atoms. The van der Waals surface area contributed by atoms with Gasteiger partial charge in [-0.2, -0.15) is 0 Å². The second-order valence-corrected chi connectivity index (χ2v) is 5.07. The zero-order valence-electron chi connectivity index (χ0n) is 11.9. The number of unbranched alkanes of at least 4 members (excludes halogenated alkanes) is 1. The van der Waals surface area contributed by atoms with E-state index in [2.05, 4.69) is 6.58 Å². The molecule has 1 aliphatic rings. The monoisotopic (exact) mass is 281 g/mol. The summed E-state index contributed by atoms with van der Waals surface area (Å²) >= 11 is 0. The maximum atomic E-state index is 12.1. The third-order valence-corrected chi connectivity index (χ3v) is 3.85. The van der Waals surface area contributed by atoms with Gasteiger partial charge in [0.1, 0.15) is 0 Å². The fourth-order valence-corrected chi connectivity index (χ4v) is 2.79. The number of rotatable bonds is 6. The Kier molecular flexibility index (Phi) is 6.10. The molecule has 0 heterocycles. The van der Waals surface area contributed by atoms with Crippen molar-refractivity contribution in [2.45, 2.75) is 37.6 Å². The van der Waals surface area contributed by atoms with E-state index in [0.717, 1.165) is 0 Å². The quantitative estimate of drug-likeness (QED) is 0.432. The van der Waals surface area contributed by atoms with Crippen LogP contribution in [-0.2, 0) is 14.3 Å². The summed E-state index contributed by atoms with van der Waals surface area (Å²) < 4.78 is 4.82. The summed E-state index contributed by atoms with van der Waals surface area (Å²) in [6, 6.07) is 0. The Balaban J connectivity index is 3.11. The van der Waals surface area contributed by atoms with E-state index in [0.29, 0.717) is 37.7 Å². The molecule has 5 nitrogen and oxygen atoms in total. The van der Waals surface area contributed by atoms with Crippen molar-refractivity contribution in [3.05, 3.63) is 24.3 Å². The third-order valence-electron chi connectivity index (χ3n) is 3.85. The molecule has 1 saturated carbocycles. The van der Waals surface area contributed by atoms with E-state index in [4.69, 9.17) is 15.6 Å². The highest BCUT2D eigenvalue weighted by Crippen LogP contribution is 2.38. The van der Waals surface area contributed by atoms with Gasteiger partial charge < -0.3 is 15.6 Å². The van der Waals surface area contributed by atoms with Crippen LogP contribution in [0.15, 0.2) is 24.3 Å². The minimum absolute atomic E-state index is 0.0449. The first-order valence-corrected chi connectivity index (χ1v) is 6.85. The van der Waals surface area contributed by atoms with Crippen molar-refractivity contribution < 1.29 is 19.4 Å². The first-order valence-electron chi connectivity index (χ1n) is 6.85. The Hall–Kier alpha value is -1.46. The predicted octanol–water partition coefficient (Wildman–Crippen LogP) is 1.11. The molecule has 112 valence electrons. The summed E-state index contributed by atoms with van der Waals surface area (Å²) in [5.74, 6) is -0.967. The molecule has 0 aliphatic heterocycles. The zero-order chi connectivity index (χ0) is 15.2. The molecule has 3 N–H and O–H groups in total. The number of esters is 1. The highest BCUT2D eigenvalue weighted by Gasteiger charge is 2.48. The second-order valence-electron chi connectivity index (χ2n) is 5.07. The zero-order valence-corrected chi connectivity index (χ0v) is 11.9. The Bertz CT molecular complexity index is 416. The van der Waals surface area contributed by atoms with Crippen molar-refractivity contribution in [3.8, 4) is 0 Å². The number of hydrogen-bond acceptors (Lipinski definition) is 5. The number of aliphatic hydroxyl groups excluding tert-OH is 1. The van der Waals surface area contributed by atoms with Crippen LogP contribution in [-0.4, -0.2) is 36.1 Å². The highest BCUT2D eigenvalue weighted by molar-refractivity contribution is 6.00. The van der Waals surface area contributed by atoms with Crippen molar-refractivity contribution in [1.82, 2.24) is 0 Å². The molecule has 0 aromatic carbocycles. The Labute approximate surface area is 119 Å². The summed E-state index contributed by atoms with van der Waals surface area (Å²) in [4.78, 5) is 24.0. The number of carbonyl (C=O) groups excluding carboxylic acids is 2. The number of aliphatic hydroxyl groups is 1. The number of ketones is 1. The molecule has 0 aromatic heterocycles. The van der Waals surface area contributed by atoms with Gasteiger partial charge in [0.15, 0.2) is 5.78 Å². The molecular weight excluding hydrogens is 258 g/mol. The van der Waals surface area contributed by atoms with Crippen LogP contribution < -0.4 is 5.73 Å². The van der Waals surface area contributed by atoms with E-state index < -0.39 is 11.5 Å². The summed E-state index contributed by atoms with van der Waals surface area (Å²) in [7, 11) is 1.32. The van der Waals surface area contributed by atoms with Crippen LogP contribution in [0, 0.1) is 5.92 Å². The fourth-order valence-electron chi connectivity index (χ4n) is 2.79. The lowest BCUT2D eigenvalue weighted by Gasteiger charge is -2.41. The number of methoxy groups -OCH3 is 1. The molecule has 1 aliphatic carbocycles. The Morgan fingerprint density at radius 2 is 2.30 bits per heavy atom. The molecule has 0 spiro atoms. The van der Waals surface area contributed by atoms with E-state index in [1.54, 1.807) is 6.08 Å². The van der Waals surface area contributed by atoms with Crippen molar-refractivity contribution in [2.24, 2.45) is 11.7 Å². The first kappa shape index (κ1) is 16.6. The van der Waals surface area contributed by atoms with Crippen LogP contribution in [0.5, 0.6) is 0 Å². The molecule has 1 rings (SSSR count). The normalized spacial score (nSPS) is 28.4. The van der Waals surface area contributed by atoms with Crippen molar-refractivity contribution in [2.75, 3.05) is 13.7 Å². The van der Waals surface area contributed by atoms with Crippen LogP contribution in [0.4, 0.5) is 0 Å².